The number of nitrogens with one attached hydrogen (secondary N) is 2. The Hall–Kier alpha value is -3.11. The summed E-state index contributed by atoms with van der Waals surface area (Å²) in [6.07, 6.45) is 0.992. The van der Waals surface area contributed by atoms with Gasteiger partial charge in [-0.15, -0.1) is 10.2 Å². The van der Waals surface area contributed by atoms with E-state index in [2.05, 4.69) is 20.2 Å². The van der Waals surface area contributed by atoms with Crippen LogP contribution in [0.15, 0.2) is 42.5 Å². The number of carbonyl (C=O) groups is 2. The molecule has 2 aromatic carbocycles. The smallest absolute Gasteiger partial charge is 0.257 e. The molecule has 1 aliphatic carbocycles. The molecule has 0 atom stereocenters. The summed E-state index contributed by atoms with van der Waals surface area (Å²) in [5.74, 6) is -0.589. The van der Waals surface area contributed by atoms with E-state index < -0.39 is 15.9 Å². The molecule has 1 aromatic heterocycles. The predicted octanol–water partition coefficient (Wildman–Crippen LogP) is 2.37. The Labute approximate surface area is 158 Å². The molecule has 0 radical (unpaired) electrons. The summed E-state index contributed by atoms with van der Waals surface area (Å²) in [5, 5.41) is 10.1. The highest BCUT2D eigenvalue weighted by atomic mass is 32.2. The highest BCUT2D eigenvalue weighted by molar-refractivity contribution is 7.92. The van der Waals surface area contributed by atoms with Crippen molar-refractivity contribution < 1.29 is 18.0 Å². The first-order valence-corrected chi connectivity index (χ1v) is 10.4. The number of anilines is 2. The summed E-state index contributed by atoms with van der Waals surface area (Å²) in [7, 11) is -3.48. The Morgan fingerprint density at radius 2 is 1.63 bits per heavy atom. The van der Waals surface area contributed by atoms with Gasteiger partial charge in [-0.05, 0) is 23.3 Å². The van der Waals surface area contributed by atoms with Crippen molar-refractivity contribution in [2.24, 2.45) is 0 Å². The third-order valence-corrected chi connectivity index (χ3v) is 5.35. The Morgan fingerprint density at radius 3 is 2.37 bits per heavy atom. The van der Waals surface area contributed by atoms with E-state index in [-0.39, 0.29) is 16.0 Å². The van der Waals surface area contributed by atoms with Crippen molar-refractivity contribution >= 4 is 43.3 Å². The van der Waals surface area contributed by atoms with Gasteiger partial charge in [0.2, 0.25) is 20.3 Å². The van der Waals surface area contributed by atoms with E-state index in [1.54, 1.807) is 30.3 Å². The molecule has 0 saturated carbocycles. The number of amides is 1. The third-order valence-electron chi connectivity index (χ3n) is 3.91. The molecular formula is C17H12N4O4S2. The third kappa shape index (κ3) is 3.32. The zero-order chi connectivity index (χ0) is 19.2. The van der Waals surface area contributed by atoms with Crippen LogP contribution in [-0.4, -0.2) is 36.6 Å². The van der Waals surface area contributed by atoms with Crippen molar-refractivity contribution in [1.82, 2.24) is 10.2 Å². The number of benzene rings is 2. The van der Waals surface area contributed by atoms with Gasteiger partial charge in [-0.25, -0.2) is 8.42 Å². The minimum absolute atomic E-state index is 0.0485. The normalized spacial score (nSPS) is 12.4. The zero-order valence-electron chi connectivity index (χ0n) is 13.9. The SMILES string of the molecule is CS(=O)(=O)Nc1nnc(NC(=O)c2ccc3c(c2)C(=O)c2ccccc2-3)s1. The van der Waals surface area contributed by atoms with Gasteiger partial charge in [-0.1, -0.05) is 41.7 Å². The number of rotatable bonds is 4. The number of carbonyl (C=O) groups excluding carboxylic acids is 2. The van der Waals surface area contributed by atoms with Crippen molar-refractivity contribution in [3.8, 4) is 11.1 Å². The van der Waals surface area contributed by atoms with Gasteiger partial charge in [-0.2, -0.15) is 0 Å². The van der Waals surface area contributed by atoms with Crippen molar-refractivity contribution in [3.63, 3.8) is 0 Å². The first-order valence-electron chi connectivity index (χ1n) is 7.72. The predicted molar refractivity (Wildman–Crippen MR) is 102 cm³/mol. The van der Waals surface area contributed by atoms with Gasteiger partial charge in [-0.3, -0.25) is 19.6 Å². The number of sulfonamides is 1. The topological polar surface area (TPSA) is 118 Å². The zero-order valence-corrected chi connectivity index (χ0v) is 15.5. The summed E-state index contributed by atoms with van der Waals surface area (Å²) in [4.78, 5) is 25.0. The quantitative estimate of drug-likeness (QED) is 0.543. The lowest BCUT2D eigenvalue weighted by Gasteiger charge is -2.04. The molecule has 8 nitrogen and oxygen atoms in total. The molecule has 0 aliphatic heterocycles. The molecule has 0 bridgehead atoms. The van der Waals surface area contributed by atoms with E-state index in [4.69, 9.17) is 0 Å². The first-order chi connectivity index (χ1) is 12.8. The van der Waals surface area contributed by atoms with Crippen LogP contribution in [0.2, 0.25) is 0 Å². The number of nitrogens with zero attached hydrogens (tertiary/aromatic N) is 2. The Balaban J connectivity index is 1.57. The minimum Gasteiger partial charge on any atom is -0.296 e. The maximum absolute atomic E-state index is 12.5. The lowest BCUT2D eigenvalue weighted by atomic mass is 10.0. The molecule has 27 heavy (non-hydrogen) atoms. The molecule has 1 aliphatic rings. The summed E-state index contributed by atoms with van der Waals surface area (Å²) in [5.41, 5.74) is 3.03. The van der Waals surface area contributed by atoms with Crippen LogP contribution in [0.4, 0.5) is 10.3 Å². The largest absolute Gasteiger partial charge is 0.296 e. The number of hydrogen-bond donors (Lipinski definition) is 2. The molecule has 2 N–H and O–H groups in total. The van der Waals surface area contributed by atoms with Gasteiger partial charge in [0, 0.05) is 16.7 Å². The fourth-order valence-corrected chi connectivity index (χ4v) is 4.28. The van der Waals surface area contributed by atoms with Gasteiger partial charge in [0.25, 0.3) is 5.91 Å². The van der Waals surface area contributed by atoms with E-state index in [0.717, 1.165) is 28.7 Å². The molecule has 0 spiro atoms. The maximum atomic E-state index is 12.5. The van der Waals surface area contributed by atoms with Crippen LogP contribution in [0.25, 0.3) is 11.1 Å². The van der Waals surface area contributed by atoms with E-state index in [9.17, 15) is 18.0 Å². The lowest BCUT2D eigenvalue weighted by molar-refractivity contribution is 0.102. The molecule has 136 valence electrons. The average molecular weight is 400 g/mol. The number of aromatic nitrogens is 2. The first kappa shape index (κ1) is 17.3. The fraction of sp³-hybridized carbons (Fsp3) is 0.0588. The molecule has 10 heteroatoms. The highest BCUT2D eigenvalue weighted by Gasteiger charge is 2.27. The maximum Gasteiger partial charge on any atom is 0.257 e. The van der Waals surface area contributed by atoms with Crippen molar-refractivity contribution in [2.75, 3.05) is 16.3 Å². The molecule has 1 amide bonds. The average Bonchev–Trinajstić information content (AvgIpc) is 3.16. The second-order valence-corrected chi connectivity index (χ2v) is 8.60. The molecule has 0 fully saturated rings. The number of fused-ring (bicyclic) bond motifs is 3. The molecule has 1 heterocycles. The summed E-state index contributed by atoms with van der Waals surface area (Å²) in [6, 6.07) is 12.2. The van der Waals surface area contributed by atoms with Crippen molar-refractivity contribution in [2.45, 2.75) is 0 Å². The van der Waals surface area contributed by atoms with Crippen molar-refractivity contribution in [3.05, 3.63) is 59.2 Å². The Morgan fingerprint density at radius 1 is 0.963 bits per heavy atom. The lowest BCUT2D eigenvalue weighted by Crippen LogP contribution is -2.12. The summed E-state index contributed by atoms with van der Waals surface area (Å²) < 4.78 is 24.6. The van der Waals surface area contributed by atoms with Crippen LogP contribution < -0.4 is 10.0 Å². The standard InChI is InChI=1S/C17H12N4O4S2/c1-27(24,25)21-17-20-19-16(26-17)18-15(23)9-6-7-11-10-4-2-3-5-12(10)14(22)13(11)8-9/h2-8H,1H3,(H,20,21)(H,18,19,23). The van der Waals surface area contributed by atoms with Crippen molar-refractivity contribution in [1.29, 1.82) is 0 Å². The molecule has 3 aromatic rings. The monoisotopic (exact) mass is 400 g/mol. The van der Waals surface area contributed by atoms with Crippen LogP contribution in [0, 0.1) is 0 Å². The van der Waals surface area contributed by atoms with E-state index in [0.29, 0.717) is 16.7 Å². The second kappa shape index (κ2) is 6.25. The fourth-order valence-electron chi connectivity index (χ4n) is 2.81. The Kier molecular flexibility index (Phi) is 4.01. The van der Waals surface area contributed by atoms with Crippen LogP contribution in [0.5, 0.6) is 0 Å². The molecular weight excluding hydrogens is 388 g/mol. The van der Waals surface area contributed by atoms with Crippen LogP contribution in [-0.2, 0) is 10.0 Å². The van der Waals surface area contributed by atoms with E-state index in [1.165, 1.54) is 0 Å². The van der Waals surface area contributed by atoms with Gasteiger partial charge >= 0.3 is 0 Å². The summed E-state index contributed by atoms with van der Waals surface area (Å²) >= 11 is 0.887. The molecule has 0 saturated heterocycles. The van der Waals surface area contributed by atoms with Gasteiger partial charge < -0.3 is 0 Å². The summed E-state index contributed by atoms with van der Waals surface area (Å²) in [6.45, 7) is 0. The minimum atomic E-state index is -3.48. The van der Waals surface area contributed by atoms with E-state index in [1.807, 2.05) is 12.1 Å². The van der Waals surface area contributed by atoms with Crippen LogP contribution >= 0.6 is 11.3 Å². The number of ketones is 1. The molecule has 4 rings (SSSR count). The van der Waals surface area contributed by atoms with Gasteiger partial charge in [0.1, 0.15) is 0 Å². The van der Waals surface area contributed by atoms with E-state index >= 15 is 0 Å². The molecule has 0 unspecified atom stereocenters. The Bertz CT molecular complexity index is 1200. The number of hydrogen-bond acceptors (Lipinski definition) is 7. The van der Waals surface area contributed by atoms with Gasteiger partial charge in [0.05, 0.1) is 6.26 Å². The second-order valence-electron chi connectivity index (χ2n) is 5.88. The van der Waals surface area contributed by atoms with Gasteiger partial charge in [0.15, 0.2) is 5.78 Å². The van der Waals surface area contributed by atoms with Crippen LogP contribution in [0.1, 0.15) is 26.3 Å². The highest BCUT2D eigenvalue weighted by Crippen LogP contribution is 2.36. The van der Waals surface area contributed by atoms with Crippen LogP contribution in [0.3, 0.4) is 0 Å².